The first-order chi connectivity index (χ1) is 6.31. The fourth-order valence-corrected chi connectivity index (χ4v) is 2.82. The minimum atomic E-state index is 0.725. The Labute approximate surface area is 81.7 Å². The molecular formula is C11H22N2. The maximum atomic E-state index is 3.52. The minimum Gasteiger partial charge on any atom is -0.313 e. The highest BCUT2D eigenvalue weighted by atomic mass is 15.3. The molecule has 2 atom stereocenters. The maximum Gasteiger partial charge on any atom is 0.0258 e. The van der Waals surface area contributed by atoms with Gasteiger partial charge in [0.15, 0.2) is 0 Å². The summed E-state index contributed by atoms with van der Waals surface area (Å²) in [5.41, 5.74) is 0. The summed E-state index contributed by atoms with van der Waals surface area (Å²) in [5.74, 6) is 1.01. The van der Waals surface area contributed by atoms with Crippen molar-refractivity contribution in [1.82, 2.24) is 10.2 Å². The van der Waals surface area contributed by atoms with Crippen molar-refractivity contribution in [2.24, 2.45) is 5.92 Å². The zero-order chi connectivity index (χ0) is 9.26. The number of hydrogen-bond acceptors (Lipinski definition) is 2. The van der Waals surface area contributed by atoms with E-state index in [2.05, 4.69) is 24.1 Å². The summed E-state index contributed by atoms with van der Waals surface area (Å²) in [5, 5.41) is 3.52. The minimum absolute atomic E-state index is 0.725. The van der Waals surface area contributed by atoms with Gasteiger partial charge in [0.1, 0.15) is 0 Å². The number of nitrogens with one attached hydrogen (secondary N) is 1. The van der Waals surface area contributed by atoms with Crippen molar-refractivity contribution in [3.63, 3.8) is 0 Å². The first-order valence-corrected chi connectivity index (χ1v) is 5.78. The molecule has 0 spiro atoms. The Morgan fingerprint density at radius 1 is 1.38 bits per heavy atom. The number of likely N-dealkylation sites (tertiary alicyclic amines) is 1. The van der Waals surface area contributed by atoms with Gasteiger partial charge in [0.25, 0.3) is 0 Å². The molecule has 2 heteroatoms. The van der Waals surface area contributed by atoms with E-state index in [9.17, 15) is 0 Å². The predicted molar refractivity (Wildman–Crippen MR) is 55.8 cm³/mol. The summed E-state index contributed by atoms with van der Waals surface area (Å²) in [6.45, 7) is 8.57. The molecule has 2 fully saturated rings. The van der Waals surface area contributed by atoms with Crippen molar-refractivity contribution in [2.75, 3.05) is 19.6 Å². The second kappa shape index (κ2) is 3.97. The van der Waals surface area contributed by atoms with Crippen LogP contribution in [-0.4, -0.2) is 36.6 Å². The van der Waals surface area contributed by atoms with Gasteiger partial charge in [-0.15, -0.1) is 0 Å². The molecule has 1 N–H and O–H groups in total. The van der Waals surface area contributed by atoms with Crippen LogP contribution in [0.4, 0.5) is 0 Å². The van der Waals surface area contributed by atoms with E-state index in [-0.39, 0.29) is 0 Å². The summed E-state index contributed by atoms with van der Waals surface area (Å²) in [6.07, 6.45) is 4.15. The van der Waals surface area contributed by atoms with Crippen LogP contribution in [0.15, 0.2) is 0 Å². The lowest BCUT2D eigenvalue weighted by molar-refractivity contribution is 0.0443. The molecule has 0 aliphatic carbocycles. The van der Waals surface area contributed by atoms with Crippen molar-refractivity contribution < 1.29 is 0 Å². The molecule has 0 saturated carbocycles. The quantitative estimate of drug-likeness (QED) is 0.711. The number of rotatable bonds is 3. The third kappa shape index (κ3) is 1.89. The van der Waals surface area contributed by atoms with Gasteiger partial charge in [0.05, 0.1) is 0 Å². The molecule has 2 aliphatic rings. The lowest BCUT2D eigenvalue weighted by Crippen LogP contribution is -2.54. The SMILES string of the molecule is CCCC1CN(C2CCNC2C)C1. The summed E-state index contributed by atoms with van der Waals surface area (Å²) in [4.78, 5) is 2.67. The van der Waals surface area contributed by atoms with Gasteiger partial charge in [-0.1, -0.05) is 13.3 Å². The van der Waals surface area contributed by atoms with E-state index in [1.54, 1.807) is 0 Å². The van der Waals surface area contributed by atoms with Crippen LogP contribution in [0.2, 0.25) is 0 Å². The van der Waals surface area contributed by atoms with Gasteiger partial charge in [0.2, 0.25) is 0 Å². The molecule has 0 radical (unpaired) electrons. The molecule has 0 aromatic heterocycles. The van der Waals surface area contributed by atoms with Gasteiger partial charge in [0, 0.05) is 25.2 Å². The normalized spacial score (nSPS) is 36.5. The van der Waals surface area contributed by atoms with E-state index in [0.717, 1.165) is 18.0 Å². The molecule has 2 heterocycles. The van der Waals surface area contributed by atoms with E-state index in [1.807, 2.05) is 0 Å². The van der Waals surface area contributed by atoms with Crippen molar-refractivity contribution in [3.05, 3.63) is 0 Å². The third-order valence-corrected chi connectivity index (χ3v) is 3.63. The highest BCUT2D eigenvalue weighted by Crippen LogP contribution is 2.26. The van der Waals surface area contributed by atoms with Crippen LogP contribution in [0.25, 0.3) is 0 Å². The van der Waals surface area contributed by atoms with E-state index in [4.69, 9.17) is 0 Å². The molecule has 2 rings (SSSR count). The van der Waals surface area contributed by atoms with Gasteiger partial charge < -0.3 is 5.32 Å². The topological polar surface area (TPSA) is 15.3 Å². The molecule has 0 aromatic rings. The first-order valence-electron chi connectivity index (χ1n) is 5.78. The second-order valence-corrected chi connectivity index (χ2v) is 4.71. The van der Waals surface area contributed by atoms with Gasteiger partial charge in [-0.25, -0.2) is 0 Å². The van der Waals surface area contributed by atoms with Crippen LogP contribution in [0.1, 0.15) is 33.1 Å². The van der Waals surface area contributed by atoms with Crippen molar-refractivity contribution in [3.8, 4) is 0 Å². The lowest BCUT2D eigenvalue weighted by Gasteiger charge is -2.44. The molecular weight excluding hydrogens is 160 g/mol. The Morgan fingerprint density at radius 3 is 2.69 bits per heavy atom. The Hall–Kier alpha value is -0.0800. The Kier molecular flexibility index (Phi) is 2.89. The van der Waals surface area contributed by atoms with Crippen LogP contribution in [0, 0.1) is 5.92 Å². The van der Waals surface area contributed by atoms with Crippen LogP contribution in [0.3, 0.4) is 0 Å². The average Bonchev–Trinajstić information content (AvgIpc) is 2.43. The Morgan fingerprint density at radius 2 is 2.15 bits per heavy atom. The zero-order valence-corrected chi connectivity index (χ0v) is 8.92. The number of nitrogens with zero attached hydrogens (tertiary/aromatic N) is 1. The molecule has 2 aliphatic heterocycles. The van der Waals surface area contributed by atoms with Gasteiger partial charge >= 0.3 is 0 Å². The summed E-state index contributed by atoms with van der Waals surface area (Å²) in [7, 11) is 0. The Balaban J connectivity index is 1.73. The van der Waals surface area contributed by atoms with Crippen LogP contribution < -0.4 is 5.32 Å². The lowest BCUT2D eigenvalue weighted by atomic mass is 9.91. The standard InChI is InChI=1S/C11H22N2/c1-3-4-10-7-13(8-10)11-5-6-12-9(11)2/h9-12H,3-8H2,1-2H3. The van der Waals surface area contributed by atoms with Crippen molar-refractivity contribution in [1.29, 1.82) is 0 Å². The van der Waals surface area contributed by atoms with E-state index < -0.39 is 0 Å². The number of hydrogen-bond donors (Lipinski definition) is 1. The smallest absolute Gasteiger partial charge is 0.0258 e. The molecule has 2 saturated heterocycles. The molecule has 13 heavy (non-hydrogen) atoms. The molecule has 0 bridgehead atoms. The van der Waals surface area contributed by atoms with Crippen molar-refractivity contribution >= 4 is 0 Å². The maximum absolute atomic E-state index is 3.52. The van der Waals surface area contributed by atoms with Gasteiger partial charge in [-0.2, -0.15) is 0 Å². The average molecular weight is 182 g/mol. The monoisotopic (exact) mass is 182 g/mol. The van der Waals surface area contributed by atoms with E-state index in [0.29, 0.717) is 0 Å². The predicted octanol–water partition coefficient (Wildman–Crippen LogP) is 1.47. The molecule has 76 valence electrons. The third-order valence-electron chi connectivity index (χ3n) is 3.63. The highest BCUT2D eigenvalue weighted by Gasteiger charge is 2.36. The Bertz CT molecular complexity index is 163. The molecule has 2 nitrogen and oxygen atoms in total. The fraction of sp³-hybridized carbons (Fsp3) is 1.00. The fourth-order valence-electron chi connectivity index (χ4n) is 2.82. The van der Waals surface area contributed by atoms with Gasteiger partial charge in [-0.05, 0) is 32.2 Å². The molecule has 0 aromatic carbocycles. The second-order valence-electron chi connectivity index (χ2n) is 4.71. The van der Waals surface area contributed by atoms with Crippen LogP contribution >= 0.6 is 0 Å². The van der Waals surface area contributed by atoms with Crippen molar-refractivity contribution in [2.45, 2.75) is 45.2 Å². The highest BCUT2D eigenvalue weighted by molar-refractivity contribution is 4.93. The summed E-state index contributed by atoms with van der Waals surface area (Å²) < 4.78 is 0. The molecule has 2 unspecified atom stereocenters. The first kappa shape index (κ1) is 9.47. The van der Waals surface area contributed by atoms with Gasteiger partial charge in [-0.3, -0.25) is 4.90 Å². The van der Waals surface area contributed by atoms with Crippen LogP contribution in [0.5, 0.6) is 0 Å². The van der Waals surface area contributed by atoms with Crippen LogP contribution in [-0.2, 0) is 0 Å². The van der Waals surface area contributed by atoms with E-state index in [1.165, 1.54) is 38.9 Å². The summed E-state index contributed by atoms with van der Waals surface area (Å²) in [6, 6.07) is 1.57. The largest absolute Gasteiger partial charge is 0.313 e. The van der Waals surface area contributed by atoms with E-state index >= 15 is 0 Å². The summed E-state index contributed by atoms with van der Waals surface area (Å²) >= 11 is 0. The molecule has 0 amide bonds. The zero-order valence-electron chi connectivity index (χ0n) is 8.92.